The molecule has 0 spiro atoms. The van der Waals surface area contributed by atoms with E-state index in [9.17, 15) is 13.2 Å². The molecule has 0 saturated heterocycles. The van der Waals surface area contributed by atoms with E-state index in [0.29, 0.717) is 49.8 Å². The third kappa shape index (κ3) is 4.78. The largest absolute Gasteiger partial charge is 0.433 e. The molecule has 12 heteroatoms. The molecule has 0 unspecified atom stereocenters. The van der Waals surface area contributed by atoms with Crippen molar-refractivity contribution >= 4 is 38.2 Å². The molecule has 4 aromatic heterocycles. The van der Waals surface area contributed by atoms with Gasteiger partial charge in [0, 0.05) is 5.56 Å². The van der Waals surface area contributed by atoms with E-state index in [4.69, 9.17) is 4.52 Å². The molecule has 178 valence electrons. The smallest absolute Gasteiger partial charge is 0.378 e. The van der Waals surface area contributed by atoms with E-state index in [1.165, 1.54) is 17.4 Å². The first-order valence-corrected chi connectivity index (χ1v) is 11.3. The Morgan fingerprint density at radius 2 is 1.80 bits per heavy atom. The van der Waals surface area contributed by atoms with Crippen LogP contribution in [0.1, 0.15) is 23.0 Å². The van der Waals surface area contributed by atoms with E-state index in [1.807, 2.05) is 37.3 Å². The van der Waals surface area contributed by atoms with E-state index in [0.717, 1.165) is 17.8 Å². The molecule has 0 saturated carbocycles. The maximum absolute atomic E-state index is 12.8. The average Bonchev–Trinajstić information content (AvgIpc) is 3.41. The summed E-state index contributed by atoms with van der Waals surface area (Å²) in [6.07, 6.45) is -3.34. The van der Waals surface area contributed by atoms with Crippen LogP contribution in [0.25, 0.3) is 21.6 Å². The first kappa shape index (κ1) is 22.7. The molecule has 0 atom stereocenters. The number of nitrogens with zero attached hydrogens (tertiary/aromatic N) is 5. The lowest BCUT2D eigenvalue weighted by atomic mass is 10.1. The fourth-order valence-electron chi connectivity index (χ4n) is 3.44. The highest BCUT2D eigenvalue weighted by Gasteiger charge is 2.32. The van der Waals surface area contributed by atoms with E-state index in [1.54, 1.807) is 6.92 Å². The van der Waals surface area contributed by atoms with Crippen molar-refractivity contribution in [2.75, 3.05) is 10.6 Å². The molecule has 2 N–H and O–H groups in total. The number of pyridine rings is 1. The number of hydrogen-bond donors (Lipinski definition) is 2. The zero-order valence-corrected chi connectivity index (χ0v) is 19.3. The Hall–Kier alpha value is -4.06. The number of anilines is 3. The van der Waals surface area contributed by atoms with Gasteiger partial charge >= 0.3 is 6.18 Å². The second-order valence-corrected chi connectivity index (χ2v) is 8.60. The first-order valence-electron chi connectivity index (χ1n) is 10.5. The van der Waals surface area contributed by atoms with Crippen molar-refractivity contribution in [2.24, 2.45) is 0 Å². The summed E-state index contributed by atoms with van der Waals surface area (Å²) in [5, 5.41) is 11.1. The second kappa shape index (κ2) is 8.95. The molecule has 5 aromatic rings. The molecule has 0 radical (unpaired) electrons. The van der Waals surface area contributed by atoms with Gasteiger partial charge in [0.2, 0.25) is 0 Å². The van der Waals surface area contributed by atoms with Crippen LogP contribution in [0, 0.1) is 13.8 Å². The van der Waals surface area contributed by atoms with Crippen molar-refractivity contribution in [3.63, 3.8) is 0 Å². The summed E-state index contributed by atoms with van der Waals surface area (Å²) in [5.41, 5.74) is 2.96. The molecule has 1 aromatic carbocycles. The SMILES string of the molecule is Cc1nc(CNc2ccc(C(F)(F)F)nc2)c2nc(Nc3c(-c4ccccc4)noc3C)sc2n1. The van der Waals surface area contributed by atoms with Gasteiger partial charge in [-0.05, 0) is 26.0 Å². The van der Waals surface area contributed by atoms with Crippen molar-refractivity contribution in [2.45, 2.75) is 26.6 Å². The van der Waals surface area contributed by atoms with Gasteiger partial charge in [0.25, 0.3) is 0 Å². The van der Waals surface area contributed by atoms with Crippen molar-refractivity contribution in [3.8, 4) is 11.3 Å². The van der Waals surface area contributed by atoms with Gasteiger partial charge in [-0.2, -0.15) is 13.2 Å². The highest BCUT2D eigenvalue weighted by atomic mass is 32.1. The van der Waals surface area contributed by atoms with Gasteiger partial charge in [-0.25, -0.2) is 19.9 Å². The molecule has 8 nitrogen and oxygen atoms in total. The predicted octanol–water partition coefficient (Wildman–Crippen LogP) is 6.13. The third-order valence-corrected chi connectivity index (χ3v) is 5.96. The van der Waals surface area contributed by atoms with Gasteiger partial charge in [0.1, 0.15) is 33.2 Å². The predicted molar refractivity (Wildman–Crippen MR) is 126 cm³/mol. The van der Waals surface area contributed by atoms with Gasteiger partial charge in [-0.1, -0.05) is 46.8 Å². The van der Waals surface area contributed by atoms with Crippen LogP contribution in [0.2, 0.25) is 0 Å². The lowest BCUT2D eigenvalue weighted by Crippen LogP contribution is -2.09. The Bertz CT molecular complexity index is 1480. The van der Waals surface area contributed by atoms with Crippen LogP contribution in [-0.2, 0) is 12.7 Å². The summed E-state index contributed by atoms with van der Waals surface area (Å²) in [7, 11) is 0. The number of aromatic nitrogens is 5. The summed E-state index contributed by atoms with van der Waals surface area (Å²) in [4.78, 5) is 17.8. The van der Waals surface area contributed by atoms with Crippen LogP contribution in [0.4, 0.5) is 29.7 Å². The van der Waals surface area contributed by atoms with E-state index in [-0.39, 0.29) is 6.54 Å². The summed E-state index contributed by atoms with van der Waals surface area (Å²) >= 11 is 1.35. The Kier molecular flexibility index (Phi) is 5.81. The van der Waals surface area contributed by atoms with Crippen molar-refractivity contribution < 1.29 is 17.7 Å². The number of hydrogen-bond acceptors (Lipinski definition) is 9. The number of aryl methyl sites for hydroxylation is 2. The molecular formula is C23H18F3N7OS. The zero-order chi connectivity index (χ0) is 24.6. The van der Waals surface area contributed by atoms with Crippen LogP contribution in [0.5, 0.6) is 0 Å². The molecule has 0 amide bonds. The number of thiazole rings is 1. The Labute approximate surface area is 201 Å². The summed E-state index contributed by atoms with van der Waals surface area (Å²) in [6.45, 7) is 3.82. The zero-order valence-electron chi connectivity index (χ0n) is 18.5. The quantitative estimate of drug-likeness (QED) is 0.289. The fraction of sp³-hybridized carbons (Fsp3) is 0.174. The van der Waals surface area contributed by atoms with Gasteiger partial charge in [0.05, 0.1) is 24.1 Å². The van der Waals surface area contributed by atoms with Gasteiger partial charge in [-0.3, -0.25) is 0 Å². The average molecular weight is 498 g/mol. The Morgan fingerprint density at radius 1 is 1.00 bits per heavy atom. The summed E-state index contributed by atoms with van der Waals surface area (Å²) < 4.78 is 43.7. The fourth-order valence-corrected chi connectivity index (χ4v) is 4.36. The summed E-state index contributed by atoms with van der Waals surface area (Å²) in [6, 6.07) is 11.9. The van der Waals surface area contributed by atoms with Crippen molar-refractivity contribution in [1.29, 1.82) is 0 Å². The highest BCUT2D eigenvalue weighted by molar-refractivity contribution is 7.21. The number of nitrogens with one attached hydrogen (secondary N) is 2. The van der Waals surface area contributed by atoms with Crippen LogP contribution >= 0.6 is 11.3 Å². The molecule has 0 aliphatic heterocycles. The lowest BCUT2D eigenvalue weighted by Gasteiger charge is -2.09. The van der Waals surface area contributed by atoms with Gasteiger partial charge in [-0.15, -0.1) is 0 Å². The molecule has 5 rings (SSSR count). The molecular weight excluding hydrogens is 479 g/mol. The molecule has 0 aliphatic rings. The van der Waals surface area contributed by atoms with E-state index >= 15 is 0 Å². The Morgan fingerprint density at radius 3 is 2.51 bits per heavy atom. The maximum Gasteiger partial charge on any atom is 0.433 e. The monoisotopic (exact) mass is 497 g/mol. The van der Waals surface area contributed by atoms with E-state index < -0.39 is 11.9 Å². The first-order chi connectivity index (χ1) is 16.8. The summed E-state index contributed by atoms with van der Waals surface area (Å²) in [5.74, 6) is 1.17. The van der Waals surface area contributed by atoms with Crippen LogP contribution in [-0.4, -0.2) is 25.1 Å². The van der Waals surface area contributed by atoms with Crippen LogP contribution in [0.15, 0.2) is 53.2 Å². The molecule has 0 aliphatic carbocycles. The Balaban J connectivity index is 1.40. The minimum atomic E-state index is -4.48. The number of rotatable bonds is 6. The number of halogens is 3. The number of fused-ring (bicyclic) bond motifs is 1. The minimum Gasteiger partial charge on any atom is -0.378 e. The maximum atomic E-state index is 12.8. The third-order valence-electron chi connectivity index (χ3n) is 5.10. The molecule has 35 heavy (non-hydrogen) atoms. The van der Waals surface area contributed by atoms with Crippen molar-refractivity contribution in [3.05, 3.63) is 71.6 Å². The number of alkyl halides is 3. The molecule has 0 bridgehead atoms. The van der Waals surface area contributed by atoms with Gasteiger partial charge in [0.15, 0.2) is 10.9 Å². The topological polar surface area (TPSA) is 102 Å². The standard InChI is InChI=1S/C23H18F3N7OS/c1-12-18(19(33-34-12)14-6-4-3-5-7-14)31-22-32-20-16(29-13(2)30-21(20)35-22)11-27-15-8-9-17(28-10-15)23(24,25)26/h3-10,27H,11H2,1-2H3,(H,31,32). The number of benzene rings is 1. The minimum absolute atomic E-state index is 0.234. The molecule has 4 heterocycles. The normalized spacial score (nSPS) is 11.7. The second-order valence-electron chi connectivity index (χ2n) is 7.63. The lowest BCUT2D eigenvalue weighted by molar-refractivity contribution is -0.141. The van der Waals surface area contributed by atoms with Crippen LogP contribution < -0.4 is 10.6 Å². The molecule has 0 fully saturated rings. The van der Waals surface area contributed by atoms with Crippen molar-refractivity contribution in [1.82, 2.24) is 25.1 Å². The van der Waals surface area contributed by atoms with E-state index in [2.05, 4.69) is 35.7 Å². The van der Waals surface area contributed by atoms with Crippen LogP contribution in [0.3, 0.4) is 0 Å². The highest BCUT2D eigenvalue weighted by Crippen LogP contribution is 2.35. The van der Waals surface area contributed by atoms with Gasteiger partial charge < -0.3 is 15.2 Å².